The second-order valence-corrected chi connectivity index (χ2v) is 6.85. The average molecular weight is 502 g/mol. The van der Waals surface area contributed by atoms with Gasteiger partial charge in [-0.3, -0.25) is 9.59 Å². The number of nitrogens with zero attached hydrogens (tertiary/aromatic N) is 3. The van der Waals surface area contributed by atoms with E-state index < -0.39 is 0 Å². The van der Waals surface area contributed by atoms with Crippen LogP contribution >= 0.6 is 24.0 Å². The highest BCUT2D eigenvalue weighted by Crippen LogP contribution is 2.18. The van der Waals surface area contributed by atoms with E-state index in [-0.39, 0.29) is 41.8 Å². The van der Waals surface area contributed by atoms with Gasteiger partial charge in [-0.25, -0.2) is 4.99 Å². The van der Waals surface area contributed by atoms with E-state index in [1.165, 1.54) is 7.11 Å². The van der Waals surface area contributed by atoms with Crippen LogP contribution in [0.5, 0.6) is 0 Å². The molecule has 1 aromatic carbocycles. The van der Waals surface area contributed by atoms with Crippen LogP contribution in [0.15, 0.2) is 29.3 Å². The third-order valence-electron chi connectivity index (χ3n) is 4.68. The number of nitrogens with one attached hydrogen (secondary N) is 1. The number of ether oxygens (including phenoxy) is 1. The largest absolute Gasteiger partial charge is 0.469 e. The molecule has 1 amide bonds. The van der Waals surface area contributed by atoms with Crippen molar-refractivity contribution in [3.63, 3.8) is 0 Å². The van der Waals surface area contributed by atoms with Gasteiger partial charge >= 0.3 is 5.97 Å². The average Bonchev–Trinajstić information content (AvgIpc) is 2.70. The van der Waals surface area contributed by atoms with Gasteiger partial charge in [0.05, 0.1) is 19.6 Å². The minimum atomic E-state index is -0.121. The number of hydrogen-bond donors (Lipinski definition) is 1. The summed E-state index contributed by atoms with van der Waals surface area (Å²) in [6, 6.07) is 7.55. The van der Waals surface area contributed by atoms with E-state index in [9.17, 15) is 9.59 Å². The van der Waals surface area contributed by atoms with Crippen LogP contribution in [0, 0.1) is 5.92 Å². The Morgan fingerprint density at radius 1 is 1.21 bits per heavy atom. The molecule has 28 heavy (non-hydrogen) atoms. The Morgan fingerprint density at radius 3 is 2.32 bits per heavy atom. The summed E-state index contributed by atoms with van der Waals surface area (Å²) in [4.78, 5) is 32.1. The standard InChI is InChI=1S/C20H30N4O3.HI/c1-5-21-20(24-12-10-17(11-13-24)19(26)27-4)22-14-15-6-8-16(9-7-15)18(25)23(2)3;/h6-9,17H,5,10-14H2,1-4H3,(H,21,22);1H. The van der Waals surface area contributed by atoms with Gasteiger partial charge in [0.1, 0.15) is 0 Å². The van der Waals surface area contributed by atoms with Crippen molar-refractivity contribution in [3.05, 3.63) is 35.4 Å². The van der Waals surface area contributed by atoms with Crippen LogP contribution in [-0.2, 0) is 16.1 Å². The number of halogens is 1. The van der Waals surface area contributed by atoms with Crippen molar-refractivity contribution < 1.29 is 14.3 Å². The number of esters is 1. The van der Waals surface area contributed by atoms with Crippen LogP contribution in [0.2, 0.25) is 0 Å². The molecule has 1 fully saturated rings. The van der Waals surface area contributed by atoms with Crippen LogP contribution in [0.1, 0.15) is 35.7 Å². The molecule has 156 valence electrons. The third kappa shape index (κ3) is 6.65. The van der Waals surface area contributed by atoms with E-state index in [2.05, 4.69) is 10.2 Å². The van der Waals surface area contributed by atoms with Crippen molar-refractivity contribution in [2.24, 2.45) is 10.9 Å². The fourth-order valence-electron chi connectivity index (χ4n) is 3.10. The number of methoxy groups -OCH3 is 1. The molecule has 7 nitrogen and oxygen atoms in total. The summed E-state index contributed by atoms with van der Waals surface area (Å²) < 4.78 is 4.85. The summed E-state index contributed by atoms with van der Waals surface area (Å²) in [7, 11) is 4.93. The van der Waals surface area contributed by atoms with Gasteiger partial charge in [-0.2, -0.15) is 0 Å². The Kier molecular flexibility index (Phi) is 10.3. The van der Waals surface area contributed by atoms with Gasteiger partial charge in [0.2, 0.25) is 0 Å². The molecule has 1 heterocycles. The Labute approximate surface area is 184 Å². The molecule has 0 bridgehead atoms. The number of aliphatic imine (C=N–C) groups is 1. The lowest BCUT2D eigenvalue weighted by Crippen LogP contribution is -2.46. The molecule has 0 atom stereocenters. The maximum absolute atomic E-state index is 12.0. The molecule has 1 N–H and O–H groups in total. The summed E-state index contributed by atoms with van der Waals surface area (Å²) >= 11 is 0. The minimum absolute atomic E-state index is 0. The predicted molar refractivity (Wildman–Crippen MR) is 121 cm³/mol. The van der Waals surface area contributed by atoms with Gasteiger partial charge in [0.25, 0.3) is 5.91 Å². The maximum atomic E-state index is 12.0. The van der Waals surface area contributed by atoms with E-state index in [1.807, 2.05) is 31.2 Å². The number of piperidine rings is 1. The molecule has 0 aliphatic carbocycles. The quantitative estimate of drug-likeness (QED) is 0.290. The van der Waals surface area contributed by atoms with Crippen molar-refractivity contribution in [1.29, 1.82) is 0 Å². The zero-order chi connectivity index (χ0) is 19.8. The molecule has 0 unspecified atom stereocenters. The summed E-state index contributed by atoms with van der Waals surface area (Å²) in [5, 5.41) is 3.32. The molecular weight excluding hydrogens is 471 g/mol. The summed E-state index contributed by atoms with van der Waals surface area (Å²) in [5.41, 5.74) is 1.72. The van der Waals surface area contributed by atoms with Crippen molar-refractivity contribution in [3.8, 4) is 0 Å². The number of likely N-dealkylation sites (tertiary alicyclic amines) is 1. The molecule has 0 aromatic heterocycles. The first-order valence-corrected chi connectivity index (χ1v) is 9.38. The number of carbonyl (C=O) groups is 2. The number of carbonyl (C=O) groups excluding carboxylic acids is 2. The topological polar surface area (TPSA) is 74.2 Å². The van der Waals surface area contributed by atoms with Crippen LogP contribution in [0.25, 0.3) is 0 Å². The molecule has 0 spiro atoms. The highest BCUT2D eigenvalue weighted by atomic mass is 127. The number of benzene rings is 1. The summed E-state index contributed by atoms with van der Waals surface area (Å²) in [5.74, 6) is 0.709. The first-order chi connectivity index (χ1) is 13.0. The van der Waals surface area contributed by atoms with E-state index in [4.69, 9.17) is 9.73 Å². The van der Waals surface area contributed by atoms with Crippen molar-refractivity contribution in [1.82, 2.24) is 15.1 Å². The van der Waals surface area contributed by atoms with Gasteiger partial charge in [-0.05, 0) is 37.5 Å². The van der Waals surface area contributed by atoms with Crippen LogP contribution < -0.4 is 5.32 Å². The predicted octanol–water partition coefficient (Wildman–Crippen LogP) is 2.36. The van der Waals surface area contributed by atoms with Crippen molar-refractivity contribution >= 4 is 41.8 Å². The number of rotatable bonds is 5. The van der Waals surface area contributed by atoms with Crippen LogP contribution in [0.3, 0.4) is 0 Å². The Morgan fingerprint density at radius 2 is 1.82 bits per heavy atom. The van der Waals surface area contributed by atoms with Crippen molar-refractivity contribution in [2.45, 2.75) is 26.3 Å². The monoisotopic (exact) mass is 502 g/mol. The number of hydrogen-bond acceptors (Lipinski definition) is 4. The van der Waals surface area contributed by atoms with E-state index >= 15 is 0 Å². The number of amides is 1. The Balaban J connectivity index is 0.00000392. The molecule has 8 heteroatoms. The molecule has 2 rings (SSSR count). The first-order valence-electron chi connectivity index (χ1n) is 9.38. The number of guanidine groups is 1. The molecule has 1 aromatic rings. The van der Waals surface area contributed by atoms with Crippen molar-refractivity contribution in [2.75, 3.05) is 40.8 Å². The van der Waals surface area contributed by atoms with Gasteiger partial charge in [0.15, 0.2) is 5.96 Å². The fraction of sp³-hybridized carbons (Fsp3) is 0.550. The second kappa shape index (κ2) is 11.9. The van der Waals surface area contributed by atoms with Crippen LogP contribution in [0.4, 0.5) is 0 Å². The van der Waals surface area contributed by atoms with Gasteiger partial charge < -0.3 is 19.9 Å². The van der Waals surface area contributed by atoms with Gasteiger partial charge in [-0.15, -0.1) is 24.0 Å². The molecule has 0 radical (unpaired) electrons. The smallest absolute Gasteiger partial charge is 0.308 e. The second-order valence-electron chi connectivity index (χ2n) is 6.85. The first kappa shape index (κ1) is 24.2. The molecular formula is C20H31IN4O3. The van der Waals surface area contributed by atoms with E-state index in [0.29, 0.717) is 12.1 Å². The van der Waals surface area contributed by atoms with Gasteiger partial charge in [0, 0.05) is 39.3 Å². The molecule has 1 saturated heterocycles. The van der Waals surface area contributed by atoms with Crippen LogP contribution in [-0.4, -0.2) is 68.5 Å². The minimum Gasteiger partial charge on any atom is -0.469 e. The summed E-state index contributed by atoms with van der Waals surface area (Å²) in [6.45, 7) is 4.92. The SMILES string of the molecule is CCNC(=NCc1ccc(C(=O)N(C)C)cc1)N1CCC(C(=O)OC)CC1.I. The highest BCUT2D eigenvalue weighted by Gasteiger charge is 2.26. The normalized spacial score (nSPS) is 14.9. The van der Waals surface area contributed by atoms with Gasteiger partial charge in [-0.1, -0.05) is 12.1 Å². The molecule has 1 aliphatic rings. The Hall–Kier alpha value is -1.84. The third-order valence-corrected chi connectivity index (χ3v) is 4.68. The summed E-state index contributed by atoms with van der Waals surface area (Å²) in [6.07, 6.45) is 1.55. The maximum Gasteiger partial charge on any atom is 0.308 e. The zero-order valence-corrected chi connectivity index (χ0v) is 19.4. The molecule has 0 saturated carbocycles. The lowest BCUT2D eigenvalue weighted by Gasteiger charge is -2.33. The Bertz CT molecular complexity index is 669. The van der Waals surface area contributed by atoms with E-state index in [1.54, 1.807) is 19.0 Å². The highest BCUT2D eigenvalue weighted by molar-refractivity contribution is 14.0. The fourth-order valence-corrected chi connectivity index (χ4v) is 3.10. The zero-order valence-electron chi connectivity index (χ0n) is 17.1. The van der Waals surface area contributed by atoms with E-state index in [0.717, 1.165) is 44.0 Å². The molecule has 1 aliphatic heterocycles. The lowest BCUT2D eigenvalue weighted by atomic mass is 9.97. The lowest BCUT2D eigenvalue weighted by molar-refractivity contribution is -0.146.